The molecule has 10 aromatic heterocycles. The highest BCUT2D eigenvalue weighted by atomic mass is 16.5. The zero-order valence-electron chi connectivity index (χ0n) is 45.4. The Balaban J connectivity index is 0.000000179. The lowest BCUT2D eigenvalue weighted by Gasteiger charge is -2.34. The number of piperazine rings is 2. The maximum absolute atomic E-state index is 13.8. The number of anilines is 2. The van der Waals surface area contributed by atoms with E-state index in [9.17, 15) is 38.7 Å². The molecule has 0 radical (unpaired) electrons. The third kappa shape index (κ3) is 11.1. The second kappa shape index (κ2) is 23.9. The molecule has 12 rings (SSSR count). The van der Waals surface area contributed by atoms with Crippen molar-refractivity contribution in [3.8, 4) is 45.9 Å². The molecular weight excluding hydrogens is 1120 g/mol. The van der Waals surface area contributed by atoms with Crippen LogP contribution in [0.5, 0.6) is 11.5 Å². The summed E-state index contributed by atoms with van der Waals surface area (Å²) in [6.07, 6.45) is 11.7. The lowest BCUT2D eigenvalue weighted by atomic mass is 10.1. The Morgan fingerprint density at radius 3 is 1.51 bits per heavy atom. The van der Waals surface area contributed by atoms with E-state index in [2.05, 4.69) is 66.2 Å². The number of H-pyrrole nitrogens is 1. The van der Waals surface area contributed by atoms with Crippen molar-refractivity contribution in [1.29, 1.82) is 0 Å². The Bertz CT molecular complexity index is 4210. The van der Waals surface area contributed by atoms with Gasteiger partial charge in [0, 0.05) is 89.5 Å². The van der Waals surface area contributed by atoms with Crippen molar-refractivity contribution in [2.75, 3.05) is 76.4 Å². The predicted octanol–water partition coefficient (Wildman–Crippen LogP) is 0.402. The quantitative estimate of drug-likeness (QED) is 0.0667. The van der Waals surface area contributed by atoms with Gasteiger partial charge in [0.05, 0.1) is 59.5 Å². The van der Waals surface area contributed by atoms with Crippen molar-refractivity contribution < 1.29 is 58.4 Å². The van der Waals surface area contributed by atoms with Gasteiger partial charge in [0.1, 0.15) is 53.9 Å². The summed E-state index contributed by atoms with van der Waals surface area (Å²) in [5, 5.41) is 60.7. The van der Waals surface area contributed by atoms with E-state index in [0.717, 1.165) is 0 Å². The largest absolute Gasteiger partial charge is 0.494 e. The third-order valence-electron chi connectivity index (χ3n) is 13.9. The van der Waals surface area contributed by atoms with E-state index < -0.39 is 54.4 Å². The molecule has 2 saturated heterocycles. The number of carbonyl (C=O) groups excluding carboxylic acids is 4. The minimum atomic E-state index is -1.20. The first-order valence-corrected chi connectivity index (χ1v) is 26.1. The van der Waals surface area contributed by atoms with Crippen LogP contribution in [0.3, 0.4) is 0 Å². The highest BCUT2D eigenvalue weighted by Gasteiger charge is 2.35. The van der Waals surface area contributed by atoms with Gasteiger partial charge in [0.2, 0.25) is 0 Å². The number of Topliss-reactive ketones (excluding diaryl/α,β-unsaturated/α-hetero) is 2. The van der Waals surface area contributed by atoms with Crippen LogP contribution in [-0.2, 0) is 43.6 Å². The zero-order valence-corrected chi connectivity index (χ0v) is 45.4. The van der Waals surface area contributed by atoms with Gasteiger partial charge in [-0.2, -0.15) is 19.6 Å². The Hall–Kier alpha value is -11.9. The number of nitrogens with zero attached hydrogens (tertiary/aromatic N) is 21. The molecule has 2 aliphatic heterocycles. The number of hydrogen-bond donors (Lipinski definition) is 4. The molecule has 86 heavy (non-hydrogen) atoms. The van der Waals surface area contributed by atoms with Crippen LogP contribution in [0.4, 0.5) is 11.9 Å². The Morgan fingerprint density at radius 2 is 1.03 bits per heavy atom. The molecule has 0 saturated carbocycles. The summed E-state index contributed by atoms with van der Waals surface area (Å²) in [6, 6.07) is 13.9. The summed E-state index contributed by atoms with van der Waals surface area (Å²) in [6.45, 7) is 1.18. The van der Waals surface area contributed by atoms with Crippen molar-refractivity contribution in [3.63, 3.8) is 0 Å². The number of nitrogens with one attached hydrogen (secondary N) is 1. The van der Waals surface area contributed by atoms with Crippen LogP contribution in [0.2, 0.25) is 0 Å². The van der Waals surface area contributed by atoms with E-state index in [0.29, 0.717) is 77.8 Å². The predicted molar refractivity (Wildman–Crippen MR) is 294 cm³/mol. The van der Waals surface area contributed by atoms with E-state index in [4.69, 9.17) is 19.7 Å². The number of ether oxygens (including phenoxy) is 2. The van der Waals surface area contributed by atoms with Crippen molar-refractivity contribution in [2.24, 2.45) is 0 Å². The van der Waals surface area contributed by atoms with Gasteiger partial charge in [-0.1, -0.05) is 22.3 Å². The van der Waals surface area contributed by atoms with Crippen LogP contribution in [0, 0.1) is 0 Å². The molecule has 34 heteroatoms. The number of hydrogen-bond acceptors (Lipinski definition) is 23. The lowest BCUT2D eigenvalue weighted by Crippen LogP contribution is -2.51. The normalized spacial score (nSPS) is 13.4. The molecule has 0 spiro atoms. The van der Waals surface area contributed by atoms with Crippen molar-refractivity contribution in [2.45, 2.75) is 19.6 Å². The topological polar surface area (TPSA) is 407 Å². The van der Waals surface area contributed by atoms with Crippen LogP contribution in [0.15, 0.2) is 98.1 Å². The van der Waals surface area contributed by atoms with Crippen LogP contribution >= 0.6 is 0 Å². The highest BCUT2D eigenvalue weighted by Crippen LogP contribution is 2.37. The monoisotopic (exact) mass is 1170 g/mol. The second-order valence-corrected chi connectivity index (χ2v) is 19.0. The number of carboxylic acid groups (broad SMARTS) is 3. The molecular formula is C52H48N22O12. The molecule has 2 amide bonds. The minimum absolute atomic E-state index is 0.0664. The Morgan fingerprint density at radius 1 is 0.558 bits per heavy atom. The van der Waals surface area contributed by atoms with Gasteiger partial charge >= 0.3 is 17.9 Å². The Labute approximate surface area is 482 Å². The average Bonchev–Trinajstić information content (AvgIpc) is 2.12. The number of methoxy groups -OCH3 is 2. The molecule has 12 heterocycles. The second-order valence-electron chi connectivity index (χ2n) is 19.0. The molecule has 4 N–H and O–H groups in total. The Kier molecular flexibility index (Phi) is 15.6. The average molecular weight is 1170 g/mol. The summed E-state index contributed by atoms with van der Waals surface area (Å²) in [4.78, 5) is 115. The van der Waals surface area contributed by atoms with Crippen LogP contribution in [0.25, 0.3) is 56.2 Å². The molecule has 34 nitrogen and oxygen atoms in total. The third-order valence-corrected chi connectivity index (χ3v) is 13.9. The van der Waals surface area contributed by atoms with Crippen LogP contribution in [-0.4, -0.2) is 222 Å². The summed E-state index contributed by atoms with van der Waals surface area (Å²) in [5.74, 6) is -3.85. The minimum Gasteiger partial charge on any atom is -0.494 e. The first-order valence-electron chi connectivity index (χ1n) is 26.1. The maximum Gasteiger partial charge on any atom is 0.325 e. The van der Waals surface area contributed by atoms with Crippen LogP contribution < -0.4 is 19.3 Å². The van der Waals surface area contributed by atoms with Gasteiger partial charge in [-0.05, 0) is 57.3 Å². The molecule has 0 bridgehead atoms. The van der Waals surface area contributed by atoms with E-state index in [1.807, 2.05) is 21.9 Å². The van der Waals surface area contributed by atoms with E-state index in [1.54, 1.807) is 42.7 Å². The highest BCUT2D eigenvalue weighted by molar-refractivity contribution is 6.46. The standard InChI is InChI=1S/C27H25N11O7.C25H23N11O5/c1-45-18-12-29-23(17-5-7-37(31-17)15-21(41)42)24-22(18)16(13-36(24)14-20(39)40)25(43)26(44)34-8-10-35(11-9-34)27-30-32-33-38(27)19-4-2-3-6-28-19;1-41-17-13-28-21(16-5-7-35(30-16)14-19(37)38)22-20(17)15(12-27-22)23(39)24(40)33-8-10-34(11-9-33)25-29-31-32-36(25)18-4-2-3-6-26-18/h2-7,12-13H,8-11,14-15H2,1H3,(H,39,40)(H,41,42);2-7,12-13,27H,8-11,14H2,1H3,(H,37,38). The number of aliphatic carboxylic acids is 3. The number of carboxylic acids is 3. The van der Waals surface area contributed by atoms with E-state index >= 15 is 0 Å². The lowest BCUT2D eigenvalue weighted by molar-refractivity contribution is -0.138. The number of carbonyl (C=O) groups is 7. The molecule has 0 unspecified atom stereocenters. The summed E-state index contributed by atoms with van der Waals surface area (Å²) < 4.78 is 17.7. The van der Waals surface area contributed by atoms with Gasteiger partial charge in [-0.15, -0.1) is 0 Å². The summed E-state index contributed by atoms with van der Waals surface area (Å²) in [5.41, 5.74) is 1.91. The van der Waals surface area contributed by atoms with Gasteiger partial charge in [0.25, 0.3) is 35.3 Å². The molecule has 438 valence electrons. The number of rotatable bonds is 18. The van der Waals surface area contributed by atoms with E-state index in [-0.39, 0.29) is 71.9 Å². The van der Waals surface area contributed by atoms with Gasteiger partial charge in [-0.3, -0.25) is 42.9 Å². The molecule has 2 fully saturated rings. The van der Waals surface area contributed by atoms with Crippen molar-refractivity contribution in [1.82, 2.24) is 99.3 Å². The number of amides is 2. The number of aromatic nitrogens is 18. The molecule has 0 atom stereocenters. The van der Waals surface area contributed by atoms with Crippen molar-refractivity contribution >= 4 is 75.0 Å². The summed E-state index contributed by atoms with van der Waals surface area (Å²) in [7, 11) is 2.80. The molecule has 2 aliphatic rings. The van der Waals surface area contributed by atoms with Gasteiger partial charge < -0.3 is 53.9 Å². The number of tetrazole rings is 2. The summed E-state index contributed by atoms with van der Waals surface area (Å²) >= 11 is 0. The fourth-order valence-corrected chi connectivity index (χ4v) is 9.92. The molecule has 0 aliphatic carbocycles. The van der Waals surface area contributed by atoms with Gasteiger partial charge in [0.15, 0.2) is 11.6 Å². The van der Waals surface area contributed by atoms with Crippen LogP contribution in [0.1, 0.15) is 20.7 Å². The fraction of sp³-hybridized carbons (Fsp3) is 0.250. The number of ketones is 2. The molecule has 0 aromatic carbocycles. The smallest absolute Gasteiger partial charge is 0.325 e. The first-order chi connectivity index (χ1) is 41.7. The van der Waals surface area contributed by atoms with E-state index in [1.165, 1.54) is 90.6 Å². The maximum atomic E-state index is 13.8. The molecule has 10 aromatic rings. The zero-order chi connectivity index (χ0) is 60.2. The van der Waals surface area contributed by atoms with Gasteiger partial charge in [-0.25, -0.2) is 19.9 Å². The number of pyridine rings is 4. The van der Waals surface area contributed by atoms with Crippen molar-refractivity contribution in [3.05, 3.63) is 109 Å². The first kappa shape index (κ1) is 56.0. The number of fused-ring (bicyclic) bond motifs is 2. The number of aromatic amines is 1. The SMILES string of the molecule is COc1cnc(-c2ccn(CC(=O)O)n2)c2[nH]cc(C(=O)C(=O)N3CCN(c4nnnn4-c4ccccn4)CC3)c12.COc1cnc(-c2ccn(CC(=O)O)n2)c2c1c(C(=O)C(=O)N1CCN(c3nnnn3-c3ccccn3)CC1)cn2CC(=O)O. The fourth-order valence-electron chi connectivity index (χ4n) is 9.92.